The molecule has 1 aromatic carbocycles. The molecule has 0 saturated heterocycles. The van der Waals surface area contributed by atoms with Crippen molar-refractivity contribution in [2.24, 2.45) is 0 Å². The summed E-state index contributed by atoms with van der Waals surface area (Å²) in [5.41, 5.74) is -0.0148. The van der Waals surface area contributed by atoms with Crippen molar-refractivity contribution < 1.29 is 9.53 Å². The molecule has 2 nitrogen and oxygen atoms in total. The summed E-state index contributed by atoms with van der Waals surface area (Å²) in [4.78, 5) is 0. The highest BCUT2D eigenvalue weighted by molar-refractivity contribution is 6.74. The quantitative estimate of drug-likeness (QED) is 0.826. The van der Waals surface area contributed by atoms with Crippen LogP contribution in [0.15, 0.2) is 42.2 Å². The molecule has 1 unspecified atom stereocenters. The molecule has 20 heavy (non-hydrogen) atoms. The van der Waals surface area contributed by atoms with Crippen molar-refractivity contribution in [3.63, 3.8) is 0 Å². The largest absolute Gasteiger partial charge is 0.544 e. The maximum Gasteiger partial charge on any atom is 0.250 e. The van der Waals surface area contributed by atoms with E-state index in [1.165, 1.54) is 0 Å². The topological polar surface area (TPSA) is 29.5 Å². The summed E-state index contributed by atoms with van der Waals surface area (Å²) < 4.78 is 6.38. The molecular formula is C17H26O2Si. The number of aliphatic hydroxyl groups is 1. The Morgan fingerprint density at radius 3 is 2.30 bits per heavy atom. The first-order chi connectivity index (χ1) is 9.17. The summed E-state index contributed by atoms with van der Waals surface area (Å²) in [7, 11) is -1.92. The minimum atomic E-state index is -1.92. The highest BCUT2D eigenvalue weighted by Gasteiger charge is 2.45. The van der Waals surface area contributed by atoms with Gasteiger partial charge in [0.15, 0.2) is 0 Å². The van der Waals surface area contributed by atoms with Crippen LogP contribution >= 0.6 is 0 Å². The highest BCUT2D eigenvalue weighted by atomic mass is 28.4. The molecule has 0 bridgehead atoms. The van der Waals surface area contributed by atoms with E-state index in [1.54, 1.807) is 0 Å². The molecule has 0 amide bonds. The minimum Gasteiger partial charge on any atom is -0.544 e. The predicted octanol–water partition coefficient (Wildman–Crippen LogP) is 4.57. The Labute approximate surface area is 123 Å². The average Bonchev–Trinajstić information content (AvgIpc) is 2.71. The van der Waals surface area contributed by atoms with Gasteiger partial charge in [-0.2, -0.15) is 0 Å². The molecule has 0 radical (unpaired) electrons. The van der Waals surface area contributed by atoms with E-state index in [-0.39, 0.29) is 5.04 Å². The van der Waals surface area contributed by atoms with Gasteiger partial charge in [0.1, 0.15) is 11.4 Å². The summed E-state index contributed by atoms with van der Waals surface area (Å²) >= 11 is 0. The molecule has 2 rings (SSSR count). The standard InChI is InChI=1S/C17H26O2Si/c1-16(2,3)20(4,5)19-15-12-9-13-17(15,18)14-10-7-6-8-11-14/h6-8,10-12,18H,9,13H2,1-5H3. The van der Waals surface area contributed by atoms with Crippen LogP contribution < -0.4 is 0 Å². The SMILES string of the molecule is CC(C)(C)[Si](C)(C)OC1=CCCC1(O)c1ccccc1. The van der Waals surface area contributed by atoms with Crippen LogP contribution in [0.1, 0.15) is 39.2 Å². The van der Waals surface area contributed by atoms with E-state index in [0.717, 1.165) is 17.7 Å². The summed E-state index contributed by atoms with van der Waals surface area (Å²) in [6.07, 6.45) is 3.64. The zero-order valence-corrected chi connectivity index (χ0v) is 14.2. The Hall–Kier alpha value is -1.06. The third-order valence-corrected chi connectivity index (χ3v) is 9.01. The first-order valence-corrected chi connectivity index (χ1v) is 10.3. The Morgan fingerprint density at radius 2 is 1.75 bits per heavy atom. The van der Waals surface area contributed by atoms with Crippen LogP contribution in [0.25, 0.3) is 0 Å². The Balaban J connectivity index is 2.29. The van der Waals surface area contributed by atoms with Crippen LogP contribution in [0.5, 0.6) is 0 Å². The summed E-state index contributed by atoms with van der Waals surface area (Å²) in [5.74, 6) is 0.760. The van der Waals surface area contributed by atoms with Crippen molar-refractivity contribution in [3.8, 4) is 0 Å². The Morgan fingerprint density at radius 1 is 1.15 bits per heavy atom. The number of rotatable bonds is 3. The molecule has 1 aliphatic rings. The minimum absolute atomic E-state index is 0.133. The van der Waals surface area contributed by atoms with Gasteiger partial charge in [-0.3, -0.25) is 0 Å². The van der Waals surface area contributed by atoms with E-state index in [9.17, 15) is 5.11 Å². The van der Waals surface area contributed by atoms with Gasteiger partial charge in [-0.1, -0.05) is 51.1 Å². The lowest BCUT2D eigenvalue weighted by Gasteiger charge is -2.40. The van der Waals surface area contributed by atoms with Crippen molar-refractivity contribution in [1.82, 2.24) is 0 Å². The van der Waals surface area contributed by atoms with Crippen LogP contribution in [0.3, 0.4) is 0 Å². The highest BCUT2D eigenvalue weighted by Crippen LogP contribution is 2.45. The fourth-order valence-electron chi connectivity index (χ4n) is 2.26. The van der Waals surface area contributed by atoms with Crippen molar-refractivity contribution in [1.29, 1.82) is 0 Å². The lowest BCUT2D eigenvalue weighted by molar-refractivity contribution is 0.0389. The third kappa shape index (κ3) is 2.70. The van der Waals surface area contributed by atoms with Gasteiger partial charge in [-0.15, -0.1) is 0 Å². The lowest BCUT2D eigenvalue weighted by atomic mass is 9.92. The molecular weight excluding hydrogens is 264 g/mol. The van der Waals surface area contributed by atoms with Crippen molar-refractivity contribution in [2.75, 3.05) is 0 Å². The van der Waals surface area contributed by atoms with Crippen LogP contribution in [0.4, 0.5) is 0 Å². The zero-order chi connectivity index (χ0) is 15.0. The monoisotopic (exact) mass is 290 g/mol. The second-order valence-corrected chi connectivity index (χ2v) is 11.9. The average molecular weight is 290 g/mol. The molecule has 0 fully saturated rings. The van der Waals surface area contributed by atoms with E-state index in [2.05, 4.69) is 39.9 Å². The number of allylic oxidation sites excluding steroid dienone is 1. The Bertz CT molecular complexity index is 499. The van der Waals surface area contributed by atoms with E-state index < -0.39 is 13.9 Å². The van der Waals surface area contributed by atoms with E-state index in [0.29, 0.717) is 6.42 Å². The van der Waals surface area contributed by atoms with Gasteiger partial charge in [-0.05, 0) is 42.6 Å². The summed E-state index contributed by atoms with van der Waals surface area (Å²) in [5, 5.41) is 11.2. The van der Waals surface area contributed by atoms with Crippen LogP contribution in [0, 0.1) is 0 Å². The second kappa shape index (κ2) is 5.04. The molecule has 0 heterocycles. The number of benzene rings is 1. The van der Waals surface area contributed by atoms with Gasteiger partial charge >= 0.3 is 0 Å². The van der Waals surface area contributed by atoms with Gasteiger partial charge in [0, 0.05) is 0 Å². The van der Waals surface area contributed by atoms with Crippen molar-refractivity contribution >= 4 is 8.32 Å². The maximum absolute atomic E-state index is 11.1. The molecule has 0 aliphatic heterocycles. The molecule has 1 aliphatic carbocycles. The van der Waals surface area contributed by atoms with Crippen LogP contribution in [0.2, 0.25) is 18.1 Å². The maximum atomic E-state index is 11.1. The van der Waals surface area contributed by atoms with E-state index >= 15 is 0 Å². The number of hydrogen-bond donors (Lipinski definition) is 1. The van der Waals surface area contributed by atoms with Crippen molar-refractivity contribution in [3.05, 3.63) is 47.7 Å². The Kier molecular flexibility index (Phi) is 3.87. The van der Waals surface area contributed by atoms with Gasteiger partial charge in [-0.25, -0.2) is 0 Å². The summed E-state index contributed by atoms with van der Waals surface area (Å²) in [6.45, 7) is 11.1. The first-order valence-electron chi connectivity index (χ1n) is 7.34. The second-order valence-electron chi connectivity index (χ2n) is 7.20. The zero-order valence-electron chi connectivity index (χ0n) is 13.2. The predicted molar refractivity (Wildman–Crippen MR) is 85.9 cm³/mol. The third-order valence-electron chi connectivity index (χ3n) is 4.67. The van der Waals surface area contributed by atoms with Crippen molar-refractivity contribution in [2.45, 2.75) is 57.3 Å². The molecule has 0 aromatic heterocycles. The molecule has 0 saturated carbocycles. The van der Waals surface area contributed by atoms with Crippen LogP contribution in [-0.4, -0.2) is 13.4 Å². The normalized spacial score (nSPS) is 23.6. The van der Waals surface area contributed by atoms with Gasteiger partial charge < -0.3 is 9.53 Å². The lowest BCUT2D eigenvalue weighted by Crippen LogP contribution is -2.43. The molecule has 0 spiro atoms. The van der Waals surface area contributed by atoms with Crippen LogP contribution in [-0.2, 0) is 10.0 Å². The fourth-order valence-corrected chi connectivity index (χ4v) is 3.37. The summed E-state index contributed by atoms with van der Waals surface area (Å²) in [6, 6.07) is 9.87. The molecule has 1 N–H and O–H groups in total. The first kappa shape index (κ1) is 15.3. The molecule has 1 atom stereocenters. The van der Waals surface area contributed by atoms with Gasteiger partial charge in [0.25, 0.3) is 0 Å². The fraction of sp³-hybridized carbons (Fsp3) is 0.529. The number of hydrogen-bond acceptors (Lipinski definition) is 2. The van der Waals surface area contributed by atoms with E-state index in [4.69, 9.17) is 4.43 Å². The molecule has 1 aromatic rings. The van der Waals surface area contributed by atoms with E-state index in [1.807, 2.05) is 30.3 Å². The molecule has 110 valence electrons. The van der Waals surface area contributed by atoms with Gasteiger partial charge in [0.2, 0.25) is 8.32 Å². The smallest absolute Gasteiger partial charge is 0.250 e. The molecule has 3 heteroatoms. The van der Waals surface area contributed by atoms with Gasteiger partial charge in [0.05, 0.1) is 0 Å².